The summed E-state index contributed by atoms with van der Waals surface area (Å²) in [6, 6.07) is 13.4. The predicted octanol–water partition coefficient (Wildman–Crippen LogP) is 5.06. The Kier molecular flexibility index (Phi) is 6.55. The van der Waals surface area contributed by atoms with Gasteiger partial charge >= 0.3 is 0 Å². The van der Waals surface area contributed by atoms with E-state index in [4.69, 9.17) is 4.74 Å². The van der Waals surface area contributed by atoms with E-state index in [0.29, 0.717) is 12.4 Å². The van der Waals surface area contributed by atoms with E-state index < -0.39 is 0 Å². The number of nitrogens with one attached hydrogen (secondary N) is 1. The summed E-state index contributed by atoms with van der Waals surface area (Å²) in [4.78, 5) is 16.5. The predicted molar refractivity (Wildman–Crippen MR) is 110 cm³/mol. The van der Waals surface area contributed by atoms with Crippen molar-refractivity contribution in [1.29, 1.82) is 0 Å². The minimum atomic E-state index is -0.297. The highest BCUT2D eigenvalue weighted by Crippen LogP contribution is 2.17. The maximum atomic E-state index is 13.0. The molecule has 2 aromatic carbocycles. The molecule has 0 bridgehead atoms. The third-order valence-corrected chi connectivity index (χ3v) is 4.89. The normalized spacial score (nSPS) is 12.1. The van der Waals surface area contributed by atoms with Crippen LogP contribution in [0.3, 0.4) is 0 Å². The Morgan fingerprint density at radius 1 is 1.29 bits per heavy atom. The van der Waals surface area contributed by atoms with Crippen LogP contribution in [0, 0.1) is 12.7 Å². The molecule has 144 valence electrons. The van der Waals surface area contributed by atoms with E-state index in [0.717, 1.165) is 21.8 Å². The second-order valence-corrected chi connectivity index (χ2v) is 7.40. The first kappa shape index (κ1) is 19.8. The molecule has 0 saturated heterocycles. The smallest absolute Gasteiger partial charge is 0.244 e. The minimum Gasteiger partial charge on any atom is -0.487 e. The zero-order valence-electron chi connectivity index (χ0n) is 15.7. The van der Waals surface area contributed by atoms with Crippen LogP contribution in [0.25, 0.3) is 6.08 Å². The summed E-state index contributed by atoms with van der Waals surface area (Å²) in [5, 5.41) is 5.85. The first-order valence-electron chi connectivity index (χ1n) is 8.87. The average Bonchev–Trinajstić information content (AvgIpc) is 3.11. The topological polar surface area (TPSA) is 51.2 Å². The lowest BCUT2D eigenvalue weighted by Crippen LogP contribution is -2.24. The van der Waals surface area contributed by atoms with Crippen molar-refractivity contribution < 1.29 is 13.9 Å². The van der Waals surface area contributed by atoms with Crippen molar-refractivity contribution >= 4 is 23.3 Å². The van der Waals surface area contributed by atoms with Gasteiger partial charge in [-0.15, -0.1) is 11.3 Å². The number of carbonyl (C=O) groups excluding carboxylic acids is 1. The summed E-state index contributed by atoms with van der Waals surface area (Å²) in [7, 11) is 0. The molecule has 0 aliphatic carbocycles. The van der Waals surface area contributed by atoms with Gasteiger partial charge in [0.15, 0.2) is 0 Å². The number of hydrogen-bond donors (Lipinski definition) is 1. The highest BCUT2D eigenvalue weighted by Gasteiger charge is 2.07. The van der Waals surface area contributed by atoms with Gasteiger partial charge in [-0.05, 0) is 55.3 Å². The Morgan fingerprint density at radius 3 is 2.79 bits per heavy atom. The SMILES string of the molecule is Cc1nc(COc2cccc(/C=C/C(=O)NC(C)c3ccc(F)cc3)c2)cs1. The molecule has 1 amide bonds. The molecule has 1 atom stereocenters. The van der Waals surface area contributed by atoms with Gasteiger partial charge in [0.1, 0.15) is 18.2 Å². The number of aromatic nitrogens is 1. The average molecular weight is 396 g/mol. The molecule has 3 rings (SSSR count). The van der Waals surface area contributed by atoms with Gasteiger partial charge in [0.25, 0.3) is 0 Å². The number of halogens is 1. The van der Waals surface area contributed by atoms with Crippen molar-refractivity contribution in [2.75, 3.05) is 0 Å². The lowest BCUT2D eigenvalue weighted by Gasteiger charge is -2.12. The fourth-order valence-corrected chi connectivity index (χ4v) is 3.21. The van der Waals surface area contributed by atoms with Crippen molar-refractivity contribution in [2.24, 2.45) is 0 Å². The monoisotopic (exact) mass is 396 g/mol. The maximum Gasteiger partial charge on any atom is 0.244 e. The number of aryl methyl sites for hydroxylation is 1. The molecule has 0 aliphatic heterocycles. The summed E-state index contributed by atoms with van der Waals surface area (Å²) >= 11 is 1.59. The van der Waals surface area contributed by atoms with E-state index >= 15 is 0 Å². The van der Waals surface area contributed by atoms with Crippen LogP contribution in [0.1, 0.15) is 34.8 Å². The quantitative estimate of drug-likeness (QED) is 0.568. The van der Waals surface area contributed by atoms with Gasteiger partial charge in [-0.1, -0.05) is 24.3 Å². The second kappa shape index (κ2) is 9.28. The van der Waals surface area contributed by atoms with Crippen LogP contribution in [0.4, 0.5) is 4.39 Å². The summed E-state index contributed by atoms with van der Waals surface area (Å²) in [6.07, 6.45) is 3.20. The van der Waals surface area contributed by atoms with Gasteiger partial charge < -0.3 is 10.1 Å². The van der Waals surface area contributed by atoms with Crippen LogP contribution in [0.5, 0.6) is 5.75 Å². The van der Waals surface area contributed by atoms with Crippen LogP contribution in [-0.4, -0.2) is 10.9 Å². The van der Waals surface area contributed by atoms with Crippen molar-refractivity contribution in [2.45, 2.75) is 26.5 Å². The van der Waals surface area contributed by atoms with Crippen LogP contribution < -0.4 is 10.1 Å². The zero-order chi connectivity index (χ0) is 19.9. The standard InChI is InChI=1S/C22H21FN2O2S/c1-15(18-7-9-19(23)10-8-18)24-22(26)11-6-17-4-3-5-21(12-17)27-13-20-14-28-16(2)25-20/h3-12,14-15H,13H2,1-2H3,(H,24,26)/b11-6+. The molecule has 0 radical (unpaired) electrons. The molecule has 6 heteroatoms. The molecule has 1 unspecified atom stereocenters. The van der Waals surface area contributed by atoms with Crippen LogP contribution in [0.15, 0.2) is 60.0 Å². The second-order valence-electron chi connectivity index (χ2n) is 6.33. The van der Waals surface area contributed by atoms with Crippen LogP contribution in [0.2, 0.25) is 0 Å². The van der Waals surface area contributed by atoms with E-state index in [9.17, 15) is 9.18 Å². The number of benzene rings is 2. The van der Waals surface area contributed by atoms with Crippen molar-refractivity contribution in [3.63, 3.8) is 0 Å². The number of amides is 1. The Balaban J connectivity index is 1.55. The number of rotatable bonds is 7. The van der Waals surface area contributed by atoms with Gasteiger partial charge in [0.2, 0.25) is 5.91 Å². The van der Waals surface area contributed by atoms with E-state index in [1.807, 2.05) is 43.5 Å². The molecule has 0 spiro atoms. The van der Waals surface area contributed by atoms with E-state index in [2.05, 4.69) is 10.3 Å². The number of thiazole rings is 1. The zero-order valence-corrected chi connectivity index (χ0v) is 16.5. The summed E-state index contributed by atoms with van der Waals surface area (Å²) in [6.45, 7) is 4.22. The number of hydrogen-bond acceptors (Lipinski definition) is 4. The lowest BCUT2D eigenvalue weighted by molar-refractivity contribution is -0.117. The Morgan fingerprint density at radius 2 is 2.07 bits per heavy atom. The number of ether oxygens (including phenoxy) is 1. The fourth-order valence-electron chi connectivity index (χ4n) is 2.61. The fraction of sp³-hybridized carbons (Fsp3) is 0.182. The van der Waals surface area contributed by atoms with Gasteiger partial charge in [0, 0.05) is 11.5 Å². The third kappa shape index (κ3) is 5.76. The van der Waals surface area contributed by atoms with Gasteiger partial charge in [-0.25, -0.2) is 9.37 Å². The van der Waals surface area contributed by atoms with Crippen molar-refractivity contribution in [3.05, 3.63) is 87.6 Å². The molecular weight excluding hydrogens is 375 g/mol. The van der Waals surface area contributed by atoms with E-state index in [1.165, 1.54) is 18.2 Å². The molecular formula is C22H21FN2O2S. The maximum absolute atomic E-state index is 13.0. The van der Waals surface area contributed by atoms with E-state index in [1.54, 1.807) is 29.5 Å². The summed E-state index contributed by atoms with van der Waals surface area (Å²) < 4.78 is 18.8. The molecule has 28 heavy (non-hydrogen) atoms. The molecule has 1 aromatic heterocycles. The summed E-state index contributed by atoms with van der Waals surface area (Å²) in [5.41, 5.74) is 2.60. The molecule has 0 saturated carbocycles. The molecule has 0 aliphatic rings. The Hall–Kier alpha value is -2.99. The Labute approximate surface area is 167 Å². The van der Waals surface area contributed by atoms with Crippen LogP contribution >= 0.6 is 11.3 Å². The van der Waals surface area contributed by atoms with Gasteiger partial charge in [0.05, 0.1) is 16.7 Å². The third-order valence-electron chi connectivity index (χ3n) is 4.07. The molecule has 3 aromatic rings. The highest BCUT2D eigenvalue weighted by atomic mass is 32.1. The highest BCUT2D eigenvalue weighted by molar-refractivity contribution is 7.09. The van der Waals surface area contributed by atoms with Crippen LogP contribution in [-0.2, 0) is 11.4 Å². The Bertz CT molecular complexity index is 967. The van der Waals surface area contributed by atoms with Gasteiger partial charge in [-0.3, -0.25) is 4.79 Å². The number of carbonyl (C=O) groups is 1. The van der Waals surface area contributed by atoms with Gasteiger partial charge in [-0.2, -0.15) is 0 Å². The minimum absolute atomic E-state index is 0.214. The molecule has 1 N–H and O–H groups in total. The molecule has 1 heterocycles. The van der Waals surface area contributed by atoms with Crippen molar-refractivity contribution in [1.82, 2.24) is 10.3 Å². The lowest BCUT2D eigenvalue weighted by atomic mass is 10.1. The van der Waals surface area contributed by atoms with E-state index in [-0.39, 0.29) is 17.8 Å². The molecule has 4 nitrogen and oxygen atoms in total. The molecule has 0 fully saturated rings. The summed E-state index contributed by atoms with van der Waals surface area (Å²) in [5.74, 6) is 0.197. The first-order chi connectivity index (χ1) is 13.5. The largest absolute Gasteiger partial charge is 0.487 e. The first-order valence-corrected chi connectivity index (χ1v) is 9.75. The van der Waals surface area contributed by atoms with Crippen molar-refractivity contribution in [3.8, 4) is 5.75 Å². The number of nitrogens with zero attached hydrogens (tertiary/aromatic N) is 1.